The standard InChI is InChI=1S/C12H12N2O3/c15-7-12(3-4-12)6-14-10(16)8-2-1-5-13-9(8)11(14)17/h1-2,5,15H,3-4,6-7H2. The topological polar surface area (TPSA) is 70.5 Å². The lowest BCUT2D eigenvalue weighted by molar-refractivity contribution is 0.0589. The third-order valence-electron chi connectivity index (χ3n) is 3.52. The van der Waals surface area contributed by atoms with Crippen LogP contribution >= 0.6 is 0 Å². The summed E-state index contributed by atoms with van der Waals surface area (Å²) < 4.78 is 0. The molecule has 1 aromatic heterocycles. The highest BCUT2D eigenvalue weighted by Gasteiger charge is 2.48. The summed E-state index contributed by atoms with van der Waals surface area (Å²) in [6, 6.07) is 3.26. The van der Waals surface area contributed by atoms with Crippen molar-refractivity contribution in [1.82, 2.24) is 9.88 Å². The van der Waals surface area contributed by atoms with Crippen molar-refractivity contribution in [3.8, 4) is 0 Å². The maximum atomic E-state index is 12.0. The molecule has 1 aliphatic heterocycles. The van der Waals surface area contributed by atoms with Gasteiger partial charge in [0, 0.05) is 18.2 Å². The second-order valence-electron chi connectivity index (χ2n) is 4.75. The van der Waals surface area contributed by atoms with Crippen molar-refractivity contribution in [2.45, 2.75) is 12.8 Å². The predicted molar refractivity (Wildman–Crippen MR) is 58.4 cm³/mol. The van der Waals surface area contributed by atoms with Crippen molar-refractivity contribution in [3.63, 3.8) is 0 Å². The number of aromatic nitrogens is 1. The monoisotopic (exact) mass is 232 g/mol. The molecule has 17 heavy (non-hydrogen) atoms. The molecule has 1 N–H and O–H groups in total. The first-order chi connectivity index (χ1) is 8.17. The fraction of sp³-hybridized carbons (Fsp3) is 0.417. The molecule has 0 saturated heterocycles. The molecule has 2 heterocycles. The smallest absolute Gasteiger partial charge is 0.280 e. The summed E-state index contributed by atoms with van der Waals surface area (Å²) in [5.74, 6) is -0.636. The molecule has 5 heteroatoms. The van der Waals surface area contributed by atoms with Crippen LogP contribution in [0, 0.1) is 5.41 Å². The molecule has 2 amide bonds. The van der Waals surface area contributed by atoms with E-state index >= 15 is 0 Å². The molecular formula is C12H12N2O3. The quantitative estimate of drug-likeness (QED) is 0.768. The number of carbonyl (C=O) groups excluding carboxylic acids is 2. The molecule has 3 rings (SSSR count). The Morgan fingerprint density at radius 1 is 1.35 bits per heavy atom. The van der Waals surface area contributed by atoms with Gasteiger partial charge in [-0.15, -0.1) is 0 Å². The van der Waals surface area contributed by atoms with Gasteiger partial charge >= 0.3 is 0 Å². The van der Waals surface area contributed by atoms with Gasteiger partial charge in [-0.25, -0.2) is 0 Å². The van der Waals surface area contributed by atoms with Crippen LogP contribution in [-0.2, 0) is 0 Å². The zero-order valence-corrected chi connectivity index (χ0v) is 9.22. The molecule has 0 radical (unpaired) electrons. The summed E-state index contributed by atoms with van der Waals surface area (Å²) >= 11 is 0. The molecule has 0 atom stereocenters. The Morgan fingerprint density at radius 3 is 2.71 bits per heavy atom. The number of imide groups is 1. The number of aliphatic hydroxyl groups is 1. The van der Waals surface area contributed by atoms with Gasteiger partial charge in [-0.3, -0.25) is 19.5 Å². The summed E-state index contributed by atoms with van der Waals surface area (Å²) in [4.78, 5) is 29.2. The minimum atomic E-state index is -0.342. The highest BCUT2D eigenvalue weighted by molar-refractivity contribution is 6.20. The summed E-state index contributed by atoms with van der Waals surface area (Å²) in [7, 11) is 0. The zero-order chi connectivity index (χ0) is 12.0. The van der Waals surface area contributed by atoms with Crippen molar-refractivity contribution >= 4 is 11.8 Å². The van der Waals surface area contributed by atoms with Crippen LogP contribution in [0.25, 0.3) is 0 Å². The second-order valence-corrected chi connectivity index (χ2v) is 4.75. The van der Waals surface area contributed by atoms with Crippen LogP contribution in [-0.4, -0.2) is 40.0 Å². The Balaban J connectivity index is 1.90. The molecule has 0 bridgehead atoms. The number of aliphatic hydroxyl groups excluding tert-OH is 1. The van der Waals surface area contributed by atoms with E-state index in [1.807, 2.05) is 0 Å². The van der Waals surface area contributed by atoms with Crippen LogP contribution in [0.1, 0.15) is 33.7 Å². The Morgan fingerprint density at radius 2 is 2.12 bits per heavy atom. The fourth-order valence-corrected chi connectivity index (χ4v) is 2.14. The largest absolute Gasteiger partial charge is 0.396 e. The van der Waals surface area contributed by atoms with Gasteiger partial charge in [-0.2, -0.15) is 0 Å². The highest BCUT2D eigenvalue weighted by Crippen LogP contribution is 2.46. The van der Waals surface area contributed by atoms with Gasteiger partial charge in [0.2, 0.25) is 0 Å². The van der Waals surface area contributed by atoms with E-state index in [4.69, 9.17) is 0 Å². The van der Waals surface area contributed by atoms with Gasteiger partial charge in [0.05, 0.1) is 12.2 Å². The van der Waals surface area contributed by atoms with E-state index in [0.29, 0.717) is 12.1 Å². The molecule has 5 nitrogen and oxygen atoms in total. The first kappa shape index (κ1) is 10.4. The van der Waals surface area contributed by atoms with E-state index in [1.54, 1.807) is 12.1 Å². The molecule has 0 aromatic carbocycles. The van der Waals surface area contributed by atoms with Gasteiger partial charge in [-0.1, -0.05) is 0 Å². The zero-order valence-electron chi connectivity index (χ0n) is 9.22. The van der Waals surface area contributed by atoms with Gasteiger partial charge in [0.1, 0.15) is 5.69 Å². The number of hydrogen-bond acceptors (Lipinski definition) is 4. The Kier molecular flexibility index (Phi) is 2.06. The number of amides is 2. The predicted octanol–water partition coefficient (Wildman–Crippen LogP) is 0.450. The lowest BCUT2D eigenvalue weighted by Gasteiger charge is -2.19. The van der Waals surface area contributed by atoms with E-state index < -0.39 is 0 Å². The first-order valence-corrected chi connectivity index (χ1v) is 5.59. The lowest BCUT2D eigenvalue weighted by atomic mass is 10.1. The molecule has 88 valence electrons. The third kappa shape index (κ3) is 1.46. The Hall–Kier alpha value is -1.75. The van der Waals surface area contributed by atoms with Gasteiger partial charge in [0.15, 0.2) is 0 Å². The van der Waals surface area contributed by atoms with Crippen molar-refractivity contribution in [2.75, 3.05) is 13.2 Å². The maximum Gasteiger partial charge on any atom is 0.280 e. The van der Waals surface area contributed by atoms with Crippen LogP contribution in [0.5, 0.6) is 0 Å². The van der Waals surface area contributed by atoms with Crippen LogP contribution in [0.15, 0.2) is 18.3 Å². The number of pyridine rings is 1. The highest BCUT2D eigenvalue weighted by atomic mass is 16.3. The number of fused-ring (bicyclic) bond motifs is 1. The van der Waals surface area contributed by atoms with Crippen LogP contribution in [0.4, 0.5) is 0 Å². The van der Waals surface area contributed by atoms with E-state index in [1.165, 1.54) is 11.1 Å². The molecule has 0 spiro atoms. The maximum absolute atomic E-state index is 12.0. The molecule has 0 unspecified atom stereocenters. The number of rotatable bonds is 3. The molecule has 1 aliphatic carbocycles. The van der Waals surface area contributed by atoms with Crippen molar-refractivity contribution in [2.24, 2.45) is 5.41 Å². The molecule has 1 aromatic rings. The number of nitrogens with zero attached hydrogens (tertiary/aromatic N) is 2. The van der Waals surface area contributed by atoms with E-state index in [2.05, 4.69) is 4.98 Å². The van der Waals surface area contributed by atoms with E-state index in [0.717, 1.165) is 12.8 Å². The van der Waals surface area contributed by atoms with Crippen molar-refractivity contribution < 1.29 is 14.7 Å². The van der Waals surface area contributed by atoms with Gasteiger partial charge in [0.25, 0.3) is 11.8 Å². The Bertz CT molecular complexity index is 473. The SMILES string of the molecule is O=C1c2cccnc2C(=O)N1CC1(CO)CC1. The summed E-state index contributed by atoms with van der Waals surface area (Å²) in [5, 5.41) is 9.24. The summed E-state index contributed by atoms with van der Waals surface area (Å²) in [6.07, 6.45) is 3.24. The van der Waals surface area contributed by atoms with Gasteiger partial charge < -0.3 is 5.11 Å². The molecular weight excluding hydrogens is 220 g/mol. The first-order valence-electron chi connectivity index (χ1n) is 5.59. The number of carbonyl (C=O) groups is 2. The lowest BCUT2D eigenvalue weighted by Crippen LogP contribution is -2.36. The second kappa shape index (κ2) is 3.37. The van der Waals surface area contributed by atoms with Crippen molar-refractivity contribution in [3.05, 3.63) is 29.6 Å². The fourth-order valence-electron chi connectivity index (χ4n) is 2.14. The molecule has 2 aliphatic rings. The summed E-state index contributed by atoms with van der Waals surface area (Å²) in [5.41, 5.74) is 0.338. The van der Waals surface area contributed by atoms with Crippen LogP contribution in [0.3, 0.4) is 0 Å². The number of hydrogen-bond donors (Lipinski definition) is 1. The van der Waals surface area contributed by atoms with Gasteiger partial charge in [-0.05, 0) is 25.0 Å². The van der Waals surface area contributed by atoms with Crippen LogP contribution in [0.2, 0.25) is 0 Å². The average Bonchev–Trinajstić information content (AvgIpc) is 3.10. The van der Waals surface area contributed by atoms with Crippen LogP contribution < -0.4 is 0 Å². The minimum absolute atomic E-state index is 0.0217. The summed E-state index contributed by atoms with van der Waals surface area (Å²) in [6.45, 7) is 0.325. The Labute approximate surface area is 98.1 Å². The average molecular weight is 232 g/mol. The molecule has 1 saturated carbocycles. The van der Waals surface area contributed by atoms with E-state index in [9.17, 15) is 14.7 Å². The normalized spacial score (nSPS) is 20.6. The molecule has 1 fully saturated rings. The van der Waals surface area contributed by atoms with E-state index in [-0.39, 0.29) is 29.5 Å². The third-order valence-corrected chi connectivity index (χ3v) is 3.52. The van der Waals surface area contributed by atoms with Crippen molar-refractivity contribution in [1.29, 1.82) is 0 Å². The minimum Gasteiger partial charge on any atom is -0.396 e.